The molecule has 2 aromatic carbocycles. The molecule has 0 saturated carbocycles. The predicted molar refractivity (Wildman–Crippen MR) is 116 cm³/mol. The molecule has 1 aliphatic heterocycles. The Morgan fingerprint density at radius 3 is 2.53 bits per heavy atom. The van der Waals surface area contributed by atoms with E-state index in [2.05, 4.69) is 10.2 Å². The zero-order valence-corrected chi connectivity index (χ0v) is 17.3. The fourth-order valence-corrected chi connectivity index (χ4v) is 3.73. The van der Waals surface area contributed by atoms with E-state index in [0.717, 1.165) is 44.1 Å². The van der Waals surface area contributed by atoms with Gasteiger partial charge in [0.15, 0.2) is 0 Å². The Kier molecular flexibility index (Phi) is 5.83. The van der Waals surface area contributed by atoms with Crippen molar-refractivity contribution in [3.63, 3.8) is 0 Å². The van der Waals surface area contributed by atoms with Crippen LogP contribution in [0, 0.1) is 6.92 Å². The van der Waals surface area contributed by atoms with Crippen LogP contribution >= 0.6 is 0 Å². The first kappa shape index (κ1) is 20.1. The number of carbonyl (C=O) groups is 1. The van der Waals surface area contributed by atoms with Gasteiger partial charge in [-0.15, -0.1) is 0 Å². The molecule has 156 valence electrons. The standard InChI is InChI=1S/C23H26N4O3/c1-17-21(23(29)27(25(17)2)20-9-4-3-5-10-20)24-22(28)19-8-6-7-18(15-19)16-26-11-13-30-14-12-26/h3-10,15H,11-14,16H2,1-2H3,(H,24,28). The zero-order chi connectivity index (χ0) is 21.1. The monoisotopic (exact) mass is 406 g/mol. The van der Waals surface area contributed by atoms with Crippen molar-refractivity contribution in [2.75, 3.05) is 31.6 Å². The lowest BCUT2D eigenvalue weighted by molar-refractivity contribution is 0.0342. The number of para-hydroxylation sites is 1. The molecule has 0 radical (unpaired) electrons. The lowest BCUT2D eigenvalue weighted by atomic mass is 10.1. The van der Waals surface area contributed by atoms with E-state index in [1.54, 1.807) is 15.4 Å². The van der Waals surface area contributed by atoms with Crippen molar-refractivity contribution < 1.29 is 9.53 Å². The molecular weight excluding hydrogens is 380 g/mol. The van der Waals surface area contributed by atoms with Crippen molar-refractivity contribution in [2.45, 2.75) is 13.5 Å². The van der Waals surface area contributed by atoms with Gasteiger partial charge in [0.25, 0.3) is 11.5 Å². The lowest BCUT2D eigenvalue weighted by Crippen LogP contribution is -2.35. The largest absolute Gasteiger partial charge is 0.379 e. The molecule has 7 nitrogen and oxygen atoms in total. The summed E-state index contributed by atoms with van der Waals surface area (Å²) in [7, 11) is 1.81. The van der Waals surface area contributed by atoms with Gasteiger partial charge in [-0.1, -0.05) is 30.3 Å². The van der Waals surface area contributed by atoms with E-state index in [9.17, 15) is 9.59 Å². The summed E-state index contributed by atoms with van der Waals surface area (Å²) in [6.45, 7) is 5.85. The van der Waals surface area contributed by atoms with Gasteiger partial charge < -0.3 is 10.1 Å². The summed E-state index contributed by atoms with van der Waals surface area (Å²) in [5.41, 5.74) is 3.09. The molecule has 0 unspecified atom stereocenters. The summed E-state index contributed by atoms with van der Waals surface area (Å²) in [6, 6.07) is 16.9. The summed E-state index contributed by atoms with van der Waals surface area (Å²) in [5, 5.41) is 2.83. The number of aromatic nitrogens is 2. The molecule has 4 rings (SSSR count). The Labute approximate surface area is 175 Å². The molecule has 1 N–H and O–H groups in total. The van der Waals surface area contributed by atoms with Crippen LogP contribution in [0.15, 0.2) is 59.4 Å². The minimum absolute atomic E-state index is 0.251. The first-order valence-corrected chi connectivity index (χ1v) is 10.1. The highest BCUT2D eigenvalue weighted by Gasteiger charge is 2.19. The van der Waals surface area contributed by atoms with Gasteiger partial charge >= 0.3 is 0 Å². The molecule has 1 amide bonds. The second kappa shape index (κ2) is 8.69. The van der Waals surface area contributed by atoms with Crippen LogP contribution in [0.3, 0.4) is 0 Å². The molecule has 1 saturated heterocycles. The highest BCUT2D eigenvalue weighted by atomic mass is 16.5. The van der Waals surface area contributed by atoms with E-state index in [1.165, 1.54) is 0 Å². The van der Waals surface area contributed by atoms with Gasteiger partial charge in [0, 0.05) is 32.2 Å². The van der Waals surface area contributed by atoms with Crippen LogP contribution in [-0.2, 0) is 18.3 Å². The zero-order valence-electron chi connectivity index (χ0n) is 17.3. The SMILES string of the molecule is Cc1c(NC(=O)c2cccc(CN3CCOCC3)c2)c(=O)n(-c2ccccc2)n1C. The van der Waals surface area contributed by atoms with Gasteiger partial charge in [-0.25, -0.2) is 4.68 Å². The number of hydrogen-bond acceptors (Lipinski definition) is 4. The fourth-order valence-electron chi connectivity index (χ4n) is 3.73. The minimum atomic E-state index is -0.287. The molecule has 1 aromatic heterocycles. The summed E-state index contributed by atoms with van der Waals surface area (Å²) in [6.07, 6.45) is 0. The molecule has 1 aliphatic rings. The number of benzene rings is 2. The van der Waals surface area contributed by atoms with Gasteiger partial charge in [0.1, 0.15) is 5.69 Å². The second-order valence-electron chi connectivity index (χ2n) is 7.48. The molecule has 0 bridgehead atoms. The van der Waals surface area contributed by atoms with E-state index in [4.69, 9.17) is 4.74 Å². The van der Waals surface area contributed by atoms with Gasteiger partial charge in [0.05, 0.1) is 24.6 Å². The maximum absolute atomic E-state index is 13.0. The van der Waals surface area contributed by atoms with E-state index in [0.29, 0.717) is 16.9 Å². The van der Waals surface area contributed by atoms with Crippen LogP contribution in [0.5, 0.6) is 0 Å². The molecule has 2 heterocycles. The van der Waals surface area contributed by atoms with Gasteiger partial charge in [-0.05, 0) is 36.8 Å². The van der Waals surface area contributed by atoms with E-state index < -0.39 is 0 Å². The average Bonchev–Trinajstić information content (AvgIpc) is 2.98. The maximum atomic E-state index is 13.0. The number of anilines is 1. The van der Waals surface area contributed by atoms with Crippen molar-refractivity contribution in [3.8, 4) is 5.69 Å². The number of rotatable bonds is 5. The Morgan fingerprint density at radius 1 is 1.07 bits per heavy atom. The highest BCUT2D eigenvalue weighted by Crippen LogP contribution is 2.16. The van der Waals surface area contributed by atoms with Crippen LogP contribution in [0.4, 0.5) is 5.69 Å². The Balaban J connectivity index is 1.56. The summed E-state index contributed by atoms with van der Waals surface area (Å²) in [4.78, 5) is 28.2. The topological polar surface area (TPSA) is 68.5 Å². The van der Waals surface area contributed by atoms with Crippen LogP contribution in [-0.4, -0.2) is 46.5 Å². The third-order valence-corrected chi connectivity index (χ3v) is 5.49. The second-order valence-corrected chi connectivity index (χ2v) is 7.48. The van der Waals surface area contributed by atoms with Gasteiger partial charge in [0.2, 0.25) is 0 Å². The van der Waals surface area contributed by atoms with Crippen molar-refractivity contribution in [3.05, 3.63) is 81.8 Å². The van der Waals surface area contributed by atoms with Gasteiger partial charge in [-0.2, -0.15) is 0 Å². The molecule has 3 aromatic rings. The summed E-state index contributed by atoms with van der Waals surface area (Å²) >= 11 is 0. The van der Waals surface area contributed by atoms with E-state index >= 15 is 0 Å². The average molecular weight is 406 g/mol. The Morgan fingerprint density at radius 2 is 1.80 bits per heavy atom. The first-order chi connectivity index (χ1) is 14.5. The molecule has 0 atom stereocenters. The van der Waals surface area contributed by atoms with Gasteiger partial charge in [-0.3, -0.25) is 19.2 Å². The fraction of sp³-hybridized carbons (Fsp3) is 0.304. The quantitative estimate of drug-likeness (QED) is 0.707. The van der Waals surface area contributed by atoms with Crippen molar-refractivity contribution in [1.29, 1.82) is 0 Å². The Bertz CT molecular complexity index is 1100. The van der Waals surface area contributed by atoms with Crippen LogP contribution in [0.1, 0.15) is 21.6 Å². The van der Waals surface area contributed by atoms with Crippen molar-refractivity contribution in [1.82, 2.24) is 14.3 Å². The number of nitrogens with zero attached hydrogens (tertiary/aromatic N) is 3. The molecule has 0 spiro atoms. The van der Waals surface area contributed by atoms with Crippen molar-refractivity contribution in [2.24, 2.45) is 7.05 Å². The molecule has 0 aliphatic carbocycles. The van der Waals surface area contributed by atoms with Crippen molar-refractivity contribution >= 4 is 11.6 Å². The third-order valence-electron chi connectivity index (χ3n) is 5.49. The maximum Gasteiger partial charge on any atom is 0.295 e. The summed E-state index contributed by atoms with van der Waals surface area (Å²) in [5.74, 6) is -0.287. The number of morpholine rings is 1. The third kappa shape index (κ3) is 4.08. The number of carbonyl (C=O) groups excluding carboxylic acids is 1. The number of hydrogen-bond donors (Lipinski definition) is 1. The lowest BCUT2D eigenvalue weighted by Gasteiger charge is -2.26. The highest BCUT2D eigenvalue weighted by molar-refractivity contribution is 6.04. The summed E-state index contributed by atoms with van der Waals surface area (Å²) < 4.78 is 8.70. The number of ether oxygens (including phenoxy) is 1. The number of amides is 1. The normalized spacial score (nSPS) is 14.6. The Hall–Kier alpha value is -3.16. The molecule has 1 fully saturated rings. The molecular formula is C23H26N4O3. The predicted octanol–water partition coefficient (Wildman–Crippen LogP) is 2.57. The molecule has 30 heavy (non-hydrogen) atoms. The first-order valence-electron chi connectivity index (χ1n) is 10.1. The molecule has 7 heteroatoms. The smallest absolute Gasteiger partial charge is 0.295 e. The minimum Gasteiger partial charge on any atom is -0.379 e. The number of nitrogens with one attached hydrogen (secondary N) is 1. The van der Waals surface area contributed by atoms with E-state index in [1.807, 2.05) is 62.5 Å². The van der Waals surface area contributed by atoms with E-state index in [-0.39, 0.29) is 11.5 Å². The van der Waals surface area contributed by atoms with Crippen LogP contribution < -0.4 is 10.9 Å². The van der Waals surface area contributed by atoms with Crippen LogP contribution in [0.25, 0.3) is 5.69 Å². The van der Waals surface area contributed by atoms with Crippen LogP contribution in [0.2, 0.25) is 0 Å².